The van der Waals surface area contributed by atoms with Crippen LogP contribution in [-0.2, 0) is 4.74 Å². The van der Waals surface area contributed by atoms with Gasteiger partial charge in [0.25, 0.3) is 0 Å². The zero-order valence-electron chi connectivity index (χ0n) is 11.7. The minimum Gasteiger partial charge on any atom is -0.381 e. The third-order valence-corrected chi connectivity index (χ3v) is 4.49. The predicted molar refractivity (Wildman–Crippen MR) is 79.3 cm³/mol. The highest BCUT2D eigenvalue weighted by atomic mass is 32.2. The molecule has 2 aliphatic rings. The minimum atomic E-state index is 0.608. The van der Waals surface area contributed by atoms with Crippen molar-refractivity contribution in [2.75, 3.05) is 25.5 Å². The van der Waals surface area contributed by atoms with Crippen LogP contribution in [0, 0.1) is 11.8 Å². The Balaban J connectivity index is 1.56. The van der Waals surface area contributed by atoms with Gasteiger partial charge in [0, 0.05) is 31.6 Å². The van der Waals surface area contributed by atoms with Gasteiger partial charge in [0.2, 0.25) is 0 Å². The molecule has 0 spiro atoms. The van der Waals surface area contributed by atoms with E-state index in [4.69, 9.17) is 4.74 Å². The Hall–Kier alpha value is -0.220. The van der Waals surface area contributed by atoms with E-state index in [0.717, 1.165) is 37.3 Å². The molecule has 1 aliphatic heterocycles. The molecule has 0 aromatic heterocycles. The Morgan fingerprint density at radius 2 is 2.22 bits per heavy atom. The molecule has 104 valence electrons. The second-order valence-corrected chi connectivity index (χ2v) is 6.77. The van der Waals surface area contributed by atoms with Crippen molar-refractivity contribution in [2.45, 2.75) is 45.6 Å². The highest BCUT2D eigenvalue weighted by molar-refractivity contribution is 8.13. The molecule has 3 nitrogen and oxygen atoms in total. The molecule has 18 heavy (non-hydrogen) atoms. The van der Waals surface area contributed by atoms with Crippen molar-refractivity contribution < 1.29 is 4.74 Å². The lowest BCUT2D eigenvalue weighted by molar-refractivity contribution is 0.123. The van der Waals surface area contributed by atoms with Gasteiger partial charge in [-0.3, -0.25) is 4.99 Å². The first-order valence-corrected chi connectivity index (χ1v) is 8.26. The summed E-state index contributed by atoms with van der Waals surface area (Å²) in [4.78, 5) is 4.64. The van der Waals surface area contributed by atoms with Crippen molar-refractivity contribution in [3.63, 3.8) is 0 Å². The van der Waals surface area contributed by atoms with Crippen molar-refractivity contribution in [3.8, 4) is 0 Å². The van der Waals surface area contributed by atoms with Crippen molar-refractivity contribution in [1.29, 1.82) is 0 Å². The topological polar surface area (TPSA) is 33.6 Å². The van der Waals surface area contributed by atoms with Gasteiger partial charge >= 0.3 is 0 Å². The minimum absolute atomic E-state index is 0.608. The highest BCUT2D eigenvalue weighted by Gasteiger charge is 2.21. The third kappa shape index (κ3) is 5.19. The second kappa shape index (κ2) is 7.39. The summed E-state index contributed by atoms with van der Waals surface area (Å²) in [6, 6.07) is 0.608. The number of hydrogen-bond acceptors (Lipinski definition) is 3. The Morgan fingerprint density at radius 3 is 2.94 bits per heavy atom. The molecule has 0 amide bonds. The van der Waals surface area contributed by atoms with Crippen molar-refractivity contribution in [3.05, 3.63) is 0 Å². The van der Waals surface area contributed by atoms with Crippen molar-refractivity contribution in [2.24, 2.45) is 16.8 Å². The van der Waals surface area contributed by atoms with E-state index in [9.17, 15) is 0 Å². The van der Waals surface area contributed by atoms with Crippen LogP contribution < -0.4 is 5.32 Å². The second-order valence-electron chi connectivity index (χ2n) is 5.69. The number of aliphatic imine (C=N–C) groups is 1. The summed E-state index contributed by atoms with van der Waals surface area (Å²) in [7, 11) is 0. The van der Waals surface area contributed by atoms with Crippen LogP contribution >= 0.6 is 11.8 Å². The lowest BCUT2D eigenvalue weighted by Crippen LogP contribution is -2.41. The molecule has 2 rings (SSSR count). The van der Waals surface area contributed by atoms with E-state index >= 15 is 0 Å². The van der Waals surface area contributed by atoms with Gasteiger partial charge in [0.15, 0.2) is 5.17 Å². The molecule has 1 atom stereocenters. The fourth-order valence-electron chi connectivity index (χ4n) is 2.03. The van der Waals surface area contributed by atoms with E-state index in [1.807, 2.05) is 11.8 Å². The zero-order chi connectivity index (χ0) is 12.8. The fourth-order valence-corrected chi connectivity index (χ4v) is 3.01. The predicted octanol–water partition coefficient (Wildman–Crippen LogP) is 2.91. The van der Waals surface area contributed by atoms with Gasteiger partial charge in [0.05, 0.1) is 0 Å². The highest BCUT2D eigenvalue weighted by Crippen LogP contribution is 2.28. The SMILES string of the molecule is CC(C)C1CCSC(=NCCCOCC2CC2)N1. The summed E-state index contributed by atoms with van der Waals surface area (Å²) in [5.74, 6) is 2.77. The number of nitrogens with one attached hydrogen (secondary N) is 1. The van der Waals surface area contributed by atoms with Crippen LogP contribution in [0.2, 0.25) is 0 Å². The molecule has 1 unspecified atom stereocenters. The average molecular weight is 270 g/mol. The lowest BCUT2D eigenvalue weighted by atomic mass is 10.0. The Morgan fingerprint density at radius 1 is 1.39 bits per heavy atom. The Bertz CT molecular complexity index is 277. The van der Waals surface area contributed by atoms with Crippen LogP contribution in [0.4, 0.5) is 0 Å². The van der Waals surface area contributed by atoms with Crippen molar-refractivity contribution in [1.82, 2.24) is 5.32 Å². The van der Waals surface area contributed by atoms with Crippen LogP contribution in [0.25, 0.3) is 0 Å². The number of nitrogens with zero attached hydrogens (tertiary/aromatic N) is 1. The number of rotatable bonds is 7. The molecule has 0 aromatic carbocycles. The smallest absolute Gasteiger partial charge is 0.156 e. The van der Waals surface area contributed by atoms with Gasteiger partial charge in [-0.1, -0.05) is 25.6 Å². The molecule has 1 N–H and O–H groups in total. The summed E-state index contributed by atoms with van der Waals surface area (Å²) < 4.78 is 5.61. The maximum Gasteiger partial charge on any atom is 0.156 e. The van der Waals surface area contributed by atoms with Crippen LogP contribution in [0.15, 0.2) is 4.99 Å². The molecule has 1 aliphatic carbocycles. The molecule has 0 aromatic rings. The molecule has 0 bridgehead atoms. The zero-order valence-corrected chi connectivity index (χ0v) is 12.5. The van der Waals surface area contributed by atoms with Gasteiger partial charge in [-0.05, 0) is 37.5 Å². The Kier molecular flexibility index (Phi) is 5.83. The lowest BCUT2D eigenvalue weighted by Gasteiger charge is -2.28. The number of amidine groups is 1. The summed E-state index contributed by atoms with van der Waals surface area (Å²) in [5, 5.41) is 4.69. The van der Waals surface area contributed by atoms with E-state index in [0.29, 0.717) is 12.0 Å². The first-order chi connectivity index (χ1) is 8.75. The van der Waals surface area contributed by atoms with Gasteiger partial charge in [-0.25, -0.2) is 0 Å². The first kappa shape index (κ1) is 14.2. The van der Waals surface area contributed by atoms with E-state index < -0.39 is 0 Å². The van der Waals surface area contributed by atoms with Gasteiger partial charge in [-0.2, -0.15) is 0 Å². The van der Waals surface area contributed by atoms with Gasteiger partial charge < -0.3 is 10.1 Å². The van der Waals surface area contributed by atoms with E-state index in [2.05, 4.69) is 24.2 Å². The molecule has 1 saturated heterocycles. The standard InChI is InChI=1S/C14H26N2OS/c1-11(2)13-6-9-18-14(16-13)15-7-3-8-17-10-12-4-5-12/h11-13H,3-10H2,1-2H3,(H,15,16). The maximum atomic E-state index is 5.61. The Labute approximate surface area is 115 Å². The molecule has 1 saturated carbocycles. The largest absolute Gasteiger partial charge is 0.381 e. The van der Waals surface area contributed by atoms with E-state index in [1.54, 1.807) is 0 Å². The normalized spacial score (nSPS) is 26.6. The average Bonchev–Trinajstić information content (AvgIpc) is 3.18. The van der Waals surface area contributed by atoms with Crippen molar-refractivity contribution >= 4 is 16.9 Å². The fraction of sp³-hybridized carbons (Fsp3) is 0.929. The van der Waals surface area contributed by atoms with Crippen LogP contribution in [-0.4, -0.2) is 36.7 Å². The molecule has 1 heterocycles. The van der Waals surface area contributed by atoms with E-state index in [1.165, 1.54) is 25.0 Å². The molecular weight excluding hydrogens is 244 g/mol. The quantitative estimate of drug-likeness (QED) is 0.722. The molecule has 4 heteroatoms. The summed E-state index contributed by atoms with van der Waals surface area (Å²) >= 11 is 1.86. The third-order valence-electron chi connectivity index (χ3n) is 3.53. The molecule has 0 radical (unpaired) electrons. The monoisotopic (exact) mass is 270 g/mol. The molecular formula is C14H26N2OS. The summed E-state index contributed by atoms with van der Waals surface area (Å²) in [6.07, 6.45) is 5.05. The number of hydrogen-bond donors (Lipinski definition) is 1. The molecule has 2 fully saturated rings. The van der Waals surface area contributed by atoms with Crippen LogP contribution in [0.5, 0.6) is 0 Å². The first-order valence-electron chi connectivity index (χ1n) is 7.27. The number of ether oxygens (including phenoxy) is 1. The van der Waals surface area contributed by atoms with Gasteiger partial charge in [0.1, 0.15) is 0 Å². The van der Waals surface area contributed by atoms with Crippen LogP contribution in [0.3, 0.4) is 0 Å². The van der Waals surface area contributed by atoms with E-state index in [-0.39, 0.29) is 0 Å². The number of thioether (sulfide) groups is 1. The van der Waals surface area contributed by atoms with Crippen LogP contribution in [0.1, 0.15) is 39.5 Å². The summed E-state index contributed by atoms with van der Waals surface area (Å²) in [6.45, 7) is 7.28. The summed E-state index contributed by atoms with van der Waals surface area (Å²) in [5.41, 5.74) is 0. The maximum absolute atomic E-state index is 5.61. The van der Waals surface area contributed by atoms with Gasteiger partial charge in [-0.15, -0.1) is 0 Å².